The normalized spacial score (nSPS) is 12.1. The van der Waals surface area contributed by atoms with E-state index in [4.69, 9.17) is 9.97 Å². The van der Waals surface area contributed by atoms with Gasteiger partial charge in [0.2, 0.25) is 0 Å². The van der Waals surface area contributed by atoms with E-state index in [0.29, 0.717) is 0 Å². The van der Waals surface area contributed by atoms with Crippen LogP contribution in [0.1, 0.15) is 57.9 Å². The first-order valence-electron chi connectivity index (χ1n) is 20.1. The summed E-state index contributed by atoms with van der Waals surface area (Å²) >= 11 is 4.93. The summed E-state index contributed by atoms with van der Waals surface area (Å²) in [5.41, 5.74) is 21.6. The van der Waals surface area contributed by atoms with Crippen molar-refractivity contribution in [2.75, 3.05) is 8.86 Å². The van der Waals surface area contributed by atoms with Crippen LogP contribution in [-0.4, -0.2) is 28.8 Å². The van der Waals surface area contributed by atoms with Gasteiger partial charge in [-0.05, 0) is 130 Å². The number of halogens is 2. The van der Waals surface area contributed by atoms with Crippen LogP contribution in [0.3, 0.4) is 0 Å². The van der Waals surface area contributed by atoms with Gasteiger partial charge in [0.15, 0.2) is 0 Å². The monoisotopic (exact) mass is 978 g/mol. The number of rotatable bonds is 10. The Morgan fingerprint density at radius 3 is 0.931 bits per heavy atom. The third-order valence-electron chi connectivity index (χ3n) is 11.1. The Morgan fingerprint density at radius 1 is 0.379 bits per heavy atom. The fourth-order valence-electron chi connectivity index (χ4n) is 8.08. The standard InChI is InChI=1S/C52H44I2N4/c1-33-7-15-37(16-8-33)49-41-23-27-45(55-41)51(39-19-11-35(12-20-39)5-3-31-53)47-29-25-43(57-47)50(38-17-9-34(2)10-18-38)44-26-30-48(58-44)52(46-28-24-42(49)56-46)40-21-13-36(14-22-40)6-4-32-54/h7-30,55,58H,3-6,31-32H2,1-2H3. The minimum absolute atomic E-state index is 0.920. The van der Waals surface area contributed by atoms with E-state index < -0.39 is 0 Å². The van der Waals surface area contributed by atoms with Crippen molar-refractivity contribution >= 4 is 91.6 Å². The van der Waals surface area contributed by atoms with Crippen LogP contribution in [0.4, 0.5) is 0 Å². The van der Waals surface area contributed by atoms with Gasteiger partial charge in [-0.15, -0.1) is 0 Å². The van der Waals surface area contributed by atoms with E-state index in [1.54, 1.807) is 0 Å². The average Bonchev–Trinajstić information content (AvgIpc) is 4.10. The van der Waals surface area contributed by atoms with E-state index in [0.717, 1.165) is 111 Å². The average molecular weight is 979 g/mol. The number of fused-ring (bicyclic) bond motifs is 8. The summed E-state index contributed by atoms with van der Waals surface area (Å²) in [6.45, 7) is 4.27. The van der Waals surface area contributed by atoms with Gasteiger partial charge in [0, 0.05) is 44.3 Å². The third kappa shape index (κ3) is 7.88. The molecular weight excluding hydrogens is 934 g/mol. The van der Waals surface area contributed by atoms with Crippen LogP contribution in [0.5, 0.6) is 0 Å². The van der Waals surface area contributed by atoms with E-state index in [1.165, 1.54) is 35.1 Å². The minimum Gasteiger partial charge on any atom is -0.354 e. The Bertz CT molecular complexity index is 2640. The lowest BCUT2D eigenvalue weighted by Gasteiger charge is -2.08. The topological polar surface area (TPSA) is 57.4 Å². The zero-order valence-corrected chi connectivity index (χ0v) is 37.1. The van der Waals surface area contributed by atoms with Crippen LogP contribution < -0.4 is 0 Å². The zero-order chi connectivity index (χ0) is 39.6. The molecule has 0 radical (unpaired) electrons. The first-order chi connectivity index (χ1) is 28.4. The quantitative estimate of drug-likeness (QED) is 0.106. The lowest BCUT2D eigenvalue weighted by atomic mass is 10.0. The smallest absolute Gasteiger partial charge is 0.0737 e. The van der Waals surface area contributed by atoms with E-state index in [-0.39, 0.29) is 0 Å². The Morgan fingerprint density at radius 2 is 0.655 bits per heavy atom. The summed E-state index contributed by atoms with van der Waals surface area (Å²) < 4.78 is 2.30. The van der Waals surface area contributed by atoms with Gasteiger partial charge >= 0.3 is 0 Å². The second-order valence-electron chi connectivity index (χ2n) is 15.2. The molecule has 9 rings (SSSR count). The van der Waals surface area contributed by atoms with Gasteiger partial charge in [0.05, 0.1) is 22.8 Å². The Hall–Kier alpha value is -5.06. The molecule has 0 aliphatic carbocycles. The number of alkyl halides is 2. The Labute approximate surface area is 367 Å². The van der Waals surface area contributed by atoms with Crippen molar-refractivity contribution in [1.82, 2.24) is 19.9 Å². The van der Waals surface area contributed by atoms with Crippen LogP contribution in [-0.2, 0) is 12.8 Å². The predicted molar refractivity (Wildman–Crippen MR) is 264 cm³/mol. The number of nitrogens with zero attached hydrogens (tertiary/aromatic N) is 2. The van der Waals surface area contributed by atoms with Crippen LogP contribution >= 0.6 is 45.2 Å². The Kier molecular flexibility index (Phi) is 11.3. The molecule has 8 bridgehead atoms. The van der Waals surface area contributed by atoms with E-state index in [9.17, 15) is 0 Å². The van der Waals surface area contributed by atoms with Gasteiger partial charge in [-0.3, -0.25) is 0 Å². The molecule has 4 aromatic carbocycles. The van der Waals surface area contributed by atoms with Crippen LogP contribution in [0, 0.1) is 13.8 Å². The summed E-state index contributed by atoms with van der Waals surface area (Å²) in [4.78, 5) is 18.8. The van der Waals surface area contributed by atoms with Crippen LogP contribution in [0.15, 0.2) is 121 Å². The van der Waals surface area contributed by atoms with E-state index in [2.05, 4.69) is 215 Å². The predicted octanol–water partition coefficient (Wildman–Crippen LogP) is 14.7. The molecule has 0 unspecified atom stereocenters. The maximum absolute atomic E-state index is 5.49. The van der Waals surface area contributed by atoms with Crippen molar-refractivity contribution in [3.63, 3.8) is 0 Å². The molecule has 6 heteroatoms. The summed E-state index contributed by atoms with van der Waals surface area (Å²) in [7, 11) is 0. The number of nitrogens with one attached hydrogen (secondary N) is 2. The van der Waals surface area contributed by atoms with Gasteiger partial charge in [-0.25, -0.2) is 9.97 Å². The number of hydrogen-bond donors (Lipinski definition) is 2. The fraction of sp³-hybridized carbons (Fsp3) is 0.154. The molecule has 2 N–H and O–H groups in total. The second-order valence-corrected chi connectivity index (χ2v) is 17.4. The number of aryl methyl sites for hydroxylation is 4. The highest BCUT2D eigenvalue weighted by molar-refractivity contribution is 14.1. The second kappa shape index (κ2) is 17.0. The molecule has 0 saturated carbocycles. The van der Waals surface area contributed by atoms with E-state index in [1.807, 2.05) is 0 Å². The molecule has 0 fully saturated rings. The lowest BCUT2D eigenvalue weighted by molar-refractivity contribution is 0.946. The molecule has 286 valence electrons. The summed E-state index contributed by atoms with van der Waals surface area (Å²) in [5, 5.41) is 0. The highest BCUT2D eigenvalue weighted by Gasteiger charge is 2.19. The third-order valence-corrected chi connectivity index (χ3v) is 12.6. The number of aromatic amines is 2. The van der Waals surface area contributed by atoms with Crippen molar-refractivity contribution in [3.05, 3.63) is 166 Å². The number of hydrogen-bond acceptors (Lipinski definition) is 2. The van der Waals surface area contributed by atoms with Crippen LogP contribution in [0.25, 0.3) is 90.9 Å². The first-order valence-corrected chi connectivity index (χ1v) is 23.1. The van der Waals surface area contributed by atoms with Crippen molar-refractivity contribution in [3.8, 4) is 44.5 Å². The minimum atomic E-state index is 0.920. The number of H-pyrrole nitrogens is 2. The Balaban J connectivity index is 1.39. The van der Waals surface area contributed by atoms with Gasteiger partial charge in [-0.2, -0.15) is 0 Å². The van der Waals surface area contributed by atoms with Crippen molar-refractivity contribution < 1.29 is 0 Å². The summed E-state index contributed by atoms with van der Waals surface area (Å²) in [6, 6.07) is 44.5. The molecule has 0 amide bonds. The van der Waals surface area contributed by atoms with Crippen LogP contribution in [0.2, 0.25) is 0 Å². The maximum atomic E-state index is 5.49. The molecule has 3 aromatic heterocycles. The van der Waals surface area contributed by atoms with E-state index >= 15 is 0 Å². The largest absolute Gasteiger partial charge is 0.354 e. The molecule has 5 heterocycles. The van der Waals surface area contributed by atoms with Crippen molar-refractivity contribution in [1.29, 1.82) is 0 Å². The van der Waals surface area contributed by atoms with Crippen molar-refractivity contribution in [2.45, 2.75) is 39.5 Å². The molecule has 58 heavy (non-hydrogen) atoms. The molecule has 2 aliphatic heterocycles. The number of aromatic nitrogens is 4. The fourth-order valence-corrected chi connectivity index (χ4v) is 8.84. The molecule has 2 aliphatic rings. The summed E-state index contributed by atoms with van der Waals surface area (Å²) in [6.07, 6.45) is 13.2. The molecule has 7 aromatic rings. The van der Waals surface area contributed by atoms with Crippen molar-refractivity contribution in [2.24, 2.45) is 0 Å². The summed E-state index contributed by atoms with van der Waals surface area (Å²) in [5.74, 6) is 0. The number of benzene rings is 4. The molecule has 0 spiro atoms. The molecule has 0 saturated heterocycles. The molecule has 0 atom stereocenters. The molecule has 4 nitrogen and oxygen atoms in total. The lowest BCUT2D eigenvalue weighted by Crippen LogP contribution is -1.91. The highest BCUT2D eigenvalue weighted by Crippen LogP contribution is 2.38. The van der Waals surface area contributed by atoms with Gasteiger partial charge in [0.25, 0.3) is 0 Å². The highest BCUT2D eigenvalue weighted by atomic mass is 127. The maximum Gasteiger partial charge on any atom is 0.0737 e. The molecular formula is C52H44I2N4. The zero-order valence-electron chi connectivity index (χ0n) is 32.7. The van der Waals surface area contributed by atoms with Gasteiger partial charge in [-0.1, -0.05) is 153 Å². The SMILES string of the molecule is Cc1ccc(-c2c3nc(c(-c4ccc(CCCI)cc4)c4ccc([nH]4)c(-c4ccc(C)cc4)c4nc(c(-c5ccc(CCCI)cc5)c5ccc2[nH]5)C=C4)C=C3)cc1. The van der Waals surface area contributed by atoms with Gasteiger partial charge in [0.1, 0.15) is 0 Å². The first kappa shape index (κ1) is 38.5. The van der Waals surface area contributed by atoms with Gasteiger partial charge < -0.3 is 9.97 Å².